The van der Waals surface area contributed by atoms with Gasteiger partial charge in [-0.3, -0.25) is 5.84 Å². The second-order valence-corrected chi connectivity index (χ2v) is 4.58. The summed E-state index contributed by atoms with van der Waals surface area (Å²) in [4.78, 5) is 4.29. The third kappa shape index (κ3) is 2.14. The first-order valence-electron chi connectivity index (χ1n) is 5.13. The van der Waals surface area contributed by atoms with Gasteiger partial charge in [0.05, 0.1) is 17.2 Å². The van der Waals surface area contributed by atoms with Gasteiger partial charge in [-0.25, -0.2) is 10.4 Å². The quantitative estimate of drug-likeness (QED) is 0.632. The molecular weight excluding hydrogens is 218 g/mol. The lowest BCUT2D eigenvalue weighted by molar-refractivity contribution is 0.623. The van der Waals surface area contributed by atoms with Crippen molar-refractivity contribution in [2.75, 3.05) is 0 Å². The van der Waals surface area contributed by atoms with Crippen LogP contribution >= 0.6 is 11.3 Å². The van der Waals surface area contributed by atoms with E-state index in [0.29, 0.717) is 0 Å². The monoisotopic (exact) mass is 233 g/mol. The van der Waals surface area contributed by atoms with Gasteiger partial charge < -0.3 is 0 Å². The molecule has 1 heterocycles. The van der Waals surface area contributed by atoms with Gasteiger partial charge in [-0.2, -0.15) is 0 Å². The summed E-state index contributed by atoms with van der Waals surface area (Å²) in [5.41, 5.74) is 9.31. The Labute approximate surface area is 99.3 Å². The first-order valence-corrected chi connectivity index (χ1v) is 6.08. The summed E-state index contributed by atoms with van der Waals surface area (Å²) in [5.74, 6) is 5.60. The van der Waals surface area contributed by atoms with Crippen LogP contribution in [0.3, 0.4) is 0 Å². The van der Waals surface area contributed by atoms with Gasteiger partial charge in [-0.15, -0.1) is 11.3 Å². The molecule has 0 radical (unpaired) electrons. The molecule has 0 aliphatic carbocycles. The lowest BCUT2D eigenvalue weighted by Crippen LogP contribution is -2.29. The number of nitrogens with two attached hydrogens (primary N) is 1. The fourth-order valence-corrected chi connectivity index (χ4v) is 2.24. The molecule has 0 fully saturated rings. The van der Waals surface area contributed by atoms with Crippen LogP contribution in [0, 0.1) is 13.8 Å². The van der Waals surface area contributed by atoms with Crippen molar-refractivity contribution in [3.63, 3.8) is 0 Å². The van der Waals surface area contributed by atoms with E-state index in [2.05, 4.69) is 42.5 Å². The standard InChI is InChI=1S/C12H15N3S/c1-8-3-4-10(5-9(8)2)12(15-13)11-6-16-7-14-11/h3-7,12,15H,13H2,1-2H3. The molecule has 1 atom stereocenters. The van der Waals surface area contributed by atoms with E-state index in [1.54, 1.807) is 11.3 Å². The molecule has 3 nitrogen and oxygen atoms in total. The largest absolute Gasteiger partial charge is 0.271 e. The molecule has 0 saturated carbocycles. The zero-order chi connectivity index (χ0) is 11.5. The predicted molar refractivity (Wildman–Crippen MR) is 67.2 cm³/mol. The molecule has 1 aromatic heterocycles. The topological polar surface area (TPSA) is 50.9 Å². The third-order valence-corrected chi connectivity index (χ3v) is 3.38. The Morgan fingerprint density at radius 2 is 2.12 bits per heavy atom. The van der Waals surface area contributed by atoms with Crippen molar-refractivity contribution in [1.29, 1.82) is 0 Å². The molecule has 0 amide bonds. The first kappa shape index (κ1) is 11.3. The van der Waals surface area contributed by atoms with Crippen LogP contribution in [-0.4, -0.2) is 4.98 Å². The Balaban J connectivity index is 2.37. The van der Waals surface area contributed by atoms with Crippen LogP contribution in [0.15, 0.2) is 29.1 Å². The van der Waals surface area contributed by atoms with Gasteiger partial charge in [-0.05, 0) is 30.5 Å². The summed E-state index contributed by atoms with van der Waals surface area (Å²) in [6.07, 6.45) is 0. The lowest BCUT2D eigenvalue weighted by atomic mass is 10.00. The van der Waals surface area contributed by atoms with Gasteiger partial charge in [0.25, 0.3) is 0 Å². The molecule has 2 rings (SSSR count). The van der Waals surface area contributed by atoms with Gasteiger partial charge in [0.15, 0.2) is 0 Å². The van der Waals surface area contributed by atoms with E-state index in [4.69, 9.17) is 5.84 Å². The van der Waals surface area contributed by atoms with Crippen molar-refractivity contribution in [1.82, 2.24) is 10.4 Å². The highest BCUT2D eigenvalue weighted by atomic mass is 32.1. The molecule has 0 aliphatic heterocycles. The summed E-state index contributed by atoms with van der Waals surface area (Å²) < 4.78 is 0. The molecule has 16 heavy (non-hydrogen) atoms. The Morgan fingerprint density at radius 1 is 1.31 bits per heavy atom. The molecule has 1 unspecified atom stereocenters. The van der Waals surface area contributed by atoms with E-state index in [1.807, 2.05) is 10.9 Å². The number of aromatic nitrogens is 1. The summed E-state index contributed by atoms with van der Waals surface area (Å²) in [6, 6.07) is 6.33. The van der Waals surface area contributed by atoms with Crippen molar-refractivity contribution < 1.29 is 0 Å². The normalized spacial score (nSPS) is 12.7. The second kappa shape index (κ2) is 4.74. The number of hydrazine groups is 1. The van der Waals surface area contributed by atoms with E-state index in [1.165, 1.54) is 11.1 Å². The maximum absolute atomic E-state index is 5.60. The van der Waals surface area contributed by atoms with Gasteiger partial charge in [-0.1, -0.05) is 18.2 Å². The van der Waals surface area contributed by atoms with Crippen molar-refractivity contribution in [3.05, 3.63) is 51.5 Å². The number of hydrogen-bond donors (Lipinski definition) is 2. The zero-order valence-corrected chi connectivity index (χ0v) is 10.2. The van der Waals surface area contributed by atoms with E-state index in [0.717, 1.165) is 11.3 Å². The number of rotatable bonds is 3. The summed E-state index contributed by atoms with van der Waals surface area (Å²) >= 11 is 1.58. The molecule has 0 spiro atoms. The van der Waals surface area contributed by atoms with Crippen LogP contribution in [0.1, 0.15) is 28.4 Å². The highest BCUT2D eigenvalue weighted by Crippen LogP contribution is 2.22. The Kier molecular flexibility index (Phi) is 3.33. The fourth-order valence-electron chi connectivity index (χ4n) is 1.66. The molecule has 0 bridgehead atoms. The average molecular weight is 233 g/mol. The van der Waals surface area contributed by atoms with Gasteiger partial charge in [0.1, 0.15) is 0 Å². The summed E-state index contributed by atoms with van der Waals surface area (Å²) in [7, 11) is 0. The molecule has 0 saturated heterocycles. The minimum atomic E-state index is -0.0226. The van der Waals surface area contributed by atoms with Crippen LogP contribution in [0.5, 0.6) is 0 Å². The number of hydrogen-bond acceptors (Lipinski definition) is 4. The zero-order valence-electron chi connectivity index (χ0n) is 9.40. The van der Waals surface area contributed by atoms with E-state index in [-0.39, 0.29) is 6.04 Å². The molecule has 0 aliphatic rings. The van der Waals surface area contributed by atoms with Gasteiger partial charge >= 0.3 is 0 Å². The molecule has 1 aromatic carbocycles. The fraction of sp³-hybridized carbons (Fsp3) is 0.250. The highest BCUT2D eigenvalue weighted by Gasteiger charge is 2.14. The highest BCUT2D eigenvalue weighted by molar-refractivity contribution is 7.07. The van der Waals surface area contributed by atoms with Crippen LogP contribution in [-0.2, 0) is 0 Å². The van der Waals surface area contributed by atoms with Crippen molar-refractivity contribution in [2.45, 2.75) is 19.9 Å². The molecule has 4 heteroatoms. The molecular formula is C12H15N3S. The summed E-state index contributed by atoms with van der Waals surface area (Å²) in [6.45, 7) is 4.21. The molecule has 3 N–H and O–H groups in total. The predicted octanol–water partition coefficient (Wildman–Crippen LogP) is 2.31. The number of benzene rings is 1. The van der Waals surface area contributed by atoms with E-state index >= 15 is 0 Å². The maximum atomic E-state index is 5.60. The maximum Gasteiger partial charge on any atom is 0.0890 e. The minimum absolute atomic E-state index is 0.0226. The number of nitrogens with one attached hydrogen (secondary N) is 1. The number of nitrogens with zero attached hydrogens (tertiary/aromatic N) is 1. The number of thiazole rings is 1. The summed E-state index contributed by atoms with van der Waals surface area (Å²) in [5, 5.41) is 2.01. The van der Waals surface area contributed by atoms with Crippen LogP contribution in [0.2, 0.25) is 0 Å². The molecule has 84 valence electrons. The second-order valence-electron chi connectivity index (χ2n) is 3.86. The Bertz CT molecular complexity index is 465. The smallest absolute Gasteiger partial charge is 0.0890 e. The van der Waals surface area contributed by atoms with E-state index in [9.17, 15) is 0 Å². The Morgan fingerprint density at radius 3 is 2.69 bits per heavy atom. The van der Waals surface area contributed by atoms with Crippen LogP contribution < -0.4 is 11.3 Å². The number of aryl methyl sites for hydroxylation is 2. The van der Waals surface area contributed by atoms with Gasteiger partial charge in [0, 0.05) is 5.38 Å². The Hall–Kier alpha value is -1.23. The first-order chi connectivity index (χ1) is 7.72. The SMILES string of the molecule is Cc1ccc(C(NN)c2cscn2)cc1C. The lowest BCUT2D eigenvalue weighted by Gasteiger charge is -2.15. The van der Waals surface area contributed by atoms with Gasteiger partial charge in [0.2, 0.25) is 0 Å². The average Bonchev–Trinajstić information content (AvgIpc) is 2.78. The third-order valence-electron chi connectivity index (χ3n) is 2.78. The van der Waals surface area contributed by atoms with Crippen molar-refractivity contribution in [3.8, 4) is 0 Å². The van der Waals surface area contributed by atoms with Crippen molar-refractivity contribution in [2.24, 2.45) is 5.84 Å². The van der Waals surface area contributed by atoms with Crippen molar-refractivity contribution >= 4 is 11.3 Å². The van der Waals surface area contributed by atoms with Crippen LogP contribution in [0.25, 0.3) is 0 Å². The molecule has 2 aromatic rings. The van der Waals surface area contributed by atoms with Crippen LogP contribution in [0.4, 0.5) is 0 Å². The van der Waals surface area contributed by atoms with E-state index < -0.39 is 0 Å². The minimum Gasteiger partial charge on any atom is -0.271 e.